The third-order valence-corrected chi connectivity index (χ3v) is 3.19. The van der Waals surface area contributed by atoms with E-state index in [-0.39, 0.29) is 5.69 Å². The predicted octanol–water partition coefficient (Wildman–Crippen LogP) is 1.05. The SMILES string of the molecule is COc1ccc2c(c1)-c1nc(=O)[nH]c(C(=O)O)c1C2. The molecule has 96 valence electrons. The van der Waals surface area contributed by atoms with Gasteiger partial charge in [0.1, 0.15) is 11.4 Å². The number of methoxy groups -OCH3 is 1. The maximum absolute atomic E-state index is 11.5. The molecule has 0 atom stereocenters. The lowest BCUT2D eigenvalue weighted by Gasteiger charge is -2.04. The van der Waals surface area contributed by atoms with E-state index < -0.39 is 11.7 Å². The van der Waals surface area contributed by atoms with Crippen LogP contribution in [0.2, 0.25) is 0 Å². The zero-order valence-corrected chi connectivity index (χ0v) is 10.1. The van der Waals surface area contributed by atoms with Gasteiger partial charge in [-0.3, -0.25) is 4.98 Å². The van der Waals surface area contributed by atoms with Crippen LogP contribution < -0.4 is 10.4 Å². The Morgan fingerprint density at radius 3 is 2.95 bits per heavy atom. The number of hydrogen-bond acceptors (Lipinski definition) is 4. The molecule has 1 aliphatic carbocycles. The summed E-state index contributed by atoms with van der Waals surface area (Å²) in [6.07, 6.45) is 0.445. The van der Waals surface area contributed by atoms with Crippen LogP contribution in [-0.4, -0.2) is 28.2 Å². The molecule has 0 saturated heterocycles. The van der Waals surface area contributed by atoms with E-state index in [1.165, 1.54) is 0 Å². The fourth-order valence-electron chi connectivity index (χ4n) is 2.32. The summed E-state index contributed by atoms with van der Waals surface area (Å²) in [7, 11) is 1.55. The second kappa shape index (κ2) is 3.94. The highest BCUT2D eigenvalue weighted by atomic mass is 16.5. The Bertz CT molecular complexity index is 749. The van der Waals surface area contributed by atoms with Crippen LogP contribution in [0.15, 0.2) is 23.0 Å². The third-order valence-electron chi connectivity index (χ3n) is 3.19. The van der Waals surface area contributed by atoms with Crippen molar-refractivity contribution in [3.8, 4) is 17.0 Å². The van der Waals surface area contributed by atoms with Crippen molar-refractivity contribution in [1.29, 1.82) is 0 Å². The summed E-state index contributed by atoms with van der Waals surface area (Å²) in [6, 6.07) is 5.41. The number of fused-ring (bicyclic) bond motifs is 3. The molecule has 2 N–H and O–H groups in total. The predicted molar refractivity (Wildman–Crippen MR) is 66.6 cm³/mol. The molecule has 6 heteroatoms. The van der Waals surface area contributed by atoms with Gasteiger partial charge in [-0.25, -0.2) is 9.59 Å². The summed E-state index contributed by atoms with van der Waals surface area (Å²) >= 11 is 0. The minimum absolute atomic E-state index is 0.0924. The number of aromatic amines is 1. The van der Waals surface area contributed by atoms with Crippen LogP contribution in [-0.2, 0) is 6.42 Å². The molecular weight excluding hydrogens is 248 g/mol. The minimum Gasteiger partial charge on any atom is -0.497 e. The summed E-state index contributed by atoms with van der Waals surface area (Å²) in [5, 5.41) is 9.13. The van der Waals surface area contributed by atoms with Gasteiger partial charge in [-0.05, 0) is 17.7 Å². The van der Waals surface area contributed by atoms with Gasteiger partial charge < -0.3 is 9.84 Å². The molecule has 1 heterocycles. The molecule has 0 radical (unpaired) electrons. The zero-order valence-electron chi connectivity index (χ0n) is 10.1. The van der Waals surface area contributed by atoms with E-state index in [0.29, 0.717) is 23.4 Å². The Kier molecular flexibility index (Phi) is 2.38. The number of aromatic nitrogens is 2. The molecule has 0 spiro atoms. The lowest BCUT2D eigenvalue weighted by atomic mass is 10.1. The van der Waals surface area contributed by atoms with Crippen LogP contribution in [0, 0.1) is 0 Å². The Balaban J connectivity index is 2.29. The fraction of sp³-hybridized carbons (Fsp3) is 0.154. The first-order chi connectivity index (χ1) is 9.10. The molecule has 0 unspecified atom stereocenters. The lowest BCUT2D eigenvalue weighted by Crippen LogP contribution is -2.18. The molecular formula is C13H10N2O4. The first-order valence-electron chi connectivity index (χ1n) is 5.64. The van der Waals surface area contributed by atoms with Crippen molar-refractivity contribution in [2.45, 2.75) is 6.42 Å². The van der Waals surface area contributed by atoms with Crippen LogP contribution >= 0.6 is 0 Å². The van der Waals surface area contributed by atoms with Gasteiger partial charge >= 0.3 is 11.7 Å². The largest absolute Gasteiger partial charge is 0.497 e. The van der Waals surface area contributed by atoms with Crippen LogP contribution in [0.5, 0.6) is 5.75 Å². The second-order valence-corrected chi connectivity index (χ2v) is 4.25. The van der Waals surface area contributed by atoms with Crippen molar-refractivity contribution in [3.05, 3.63) is 45.5 Å². The van der Waals surface area contributed by atoms with E-state index in [0.717, 1.165) is 11.1 Å². The fourth-order valence-corrected chi connectivity index (χ4v) is 2.32. The maximum atomic E-state index is 11.5. The number of carbonyl (C=O) groups is 1. The summed E-state index contributed by atoms with van der Waals surface area (Å²) < 4.78 is 5.13. The van der Waals surface area contributed by atoms with E-state index in [4.69, 9.17) is 9.84 Å². The van der Waals surface area contributed by atoms with Crippen molar-refractivity contribution < 1.29 is 14.6 Å². The number of carboxylic acid groups (broad SMARTS) is 1. The normalized spacial score (nSPS) is 11.8. The van der Waals surface area contributed by atoms with Crippen molar-refractivity contribution >= 4 is 5.97 Å². The number of H-pyrrole nitrogens is 1. The Labute approximate surface area is 107 Å². The van der Waals surface area contributed by atoms with Gasteiger partial charge in [0.25, 0.3) is 0 Å². The molecule has 19 heavy (non-hydrogen) atoms. The summed E-state index contributed by atoms with van der Waals surface area (Å²) in [4.78, 5) is 28.8. The molecule has 1 aliphatic rings. The number of nitrogens with zero attached hydrogens (tertiary/aromatic N) is 1. The number of hydrogen-bond donors (Lipinski definition) is 2. The summed E-state index contributed by atoms with van der Waals surface area (Å²) in [6.45, 7) is 0. The molecule has 6 nitrogen and oxygen atoms in total. The Morgan fingerprint density at radius 1 is 1.47 bits per heavy atom. The quantitative estimate of drug-likeness (QED) is 0.716. The molecule has 2 aromatic rings. The number of rotatable bonds is 2. The van der Waals surface area contributed by atoms with Crippen LogP contribution in [0.3, 0.4) is 0 Å². The molecule has 0 amide bonds. The van der Waals surface area contributed by atoms with Crippen LogP contribution in [0.25, 0.3) is 11.3 Å². The monoisotopic (exact) mass is 258 g/mol. The maximum Gasteiger partial charge on any atom is 0.352 e. The molecule has 0 aliphatic heterocycles. The molecule has 1 aromatic carbocycles. The Hall–Kier alpha value is -2.63. The highest BCUT2D eigenvalue weighted by Gasteiger charge is 2.26. The third kappa shape index (κ3) is 1.69. The van der Waals surface area contributed by atoms with Crippen LogP contribution in [0.4, 0.5) is 0 Å². The van der Waals surface area contributed by atoms with Gasteiger partial charge in [0.2, 0.25) is 0 Å². The van der Waals surface area contributed by atoms with E-state index in [9.17, 15) is 9.59 Å². The summed E-state index contributed by atoms with van der Waals surface area (Å²) in [5.41, 5.74) is 1.90. The average molecular weight is 258 g/mol. The number of benzene rings is 1. The van der Waals surface area contributed by atoms with E-state index >= 15 is 0 Å². The zero-order chi connectivity index (χ0) is 13.6. The molecule has 0 fully saturated rings. The molecule has 0 bridgehead atoms. The van der Waals surface area contributed by atoms with Crippen molar-refractivity contribution in [2.75, 3.05) is 7.11 Å². The highest BCUT2D eigenvalue weighted by molar-refractivity contribution is 5.91. The number of aromatic carboxylic acids is 1. The van der Waals surface area contributed by atoms with Gasteiger partial charge in [0.15, 0.2) is 0 Å². The van der Waals surface area contributed by atoms with Crippen LogP contribution in [0.1, 0.15) is 21.6 Å². The van der Waals surface area contributed by atoms with Gasteiger partial charge in [-0.1, -0.05) is 6.07 Å². The van der Waals surface area contributed by atoms with Gasteiger partial charge in [0, 0.05) is 17.5 Å². The number of ether oxygens (including phenoxy) is 1. The first kappa shape index (κ1) is 11.5. The molecule has 3 rings (SSSR count). The average Bonchev–Trinajstić information content (AvgIpc) is 2.75. The summed E-state index contributed by atoms with van der Waals surface area (Å²) in [5.74, 6) is -0.513. The van der Waals surface area contributed by atoms with Gasteiger partial charge in [-0.2, -0.15) is 4.98 Å². The Morgan fingerprint density at radius 2 is 2.26 bits per heavy atom. The minimum atomic E-state index is -1.16. The van der Waals surface area contributed by atoms with Crippen molar-refractivity contribution in [3.63, 3.8) is 0 Å². The van der Waals surface area contributed by atoms with Crippen molar-refractivity contribution in [1.82, 2.24) is 9.97 Å². The first-order valence-corrected chi connectivity index (χ1v) is 5.64. The standard InChI is InChI=1S/C13H10N2O4/c1-19-7-3-2-6-4-9-10(8(6)5-7)14-13(18)15-11(9)12(16)17/h2-3,5H,4H2,1H3,(H,16,17)(H,14,15,18). The topological polar surface area (TPSA) is 92.3 Å². The smallest absolute Gasteiger partial charge is 0.352 e. The molecule has 0 saturated carbocycles. The van der Waals surface area contributed by atoms with E-state index in [2.05, 4.69) is 9.97 Å². The highest BCUT2D eigenvalue weighted by Crippen LogP contribution is 2.37. The lowest BCUT2D eigenvalue weighted by molar-refractivity contribution is 0.0689. The molecule has 1 aromatic heterocycles. The number of nitrogens with one attached hydrogen (secondary N) is 1. The van der Waals surface area contributed by atoms with Gasteiger partial charge in [-0.15, -0.1) is 0 Å². The van der Waals surface area contributed by atoms with Crippen molar-refractivity contribution in [2.24, 2.45) is 0 Å². The number of carboxylic acids is 1. The van der Waals surface area contributed by atoms with E-state index in [1.807, 2.05) is 6.07 Å². The second-order valence-electron chi connectivity index (χ2n) is 4.25. The van der Waals surface area contributed by atoms with Gasteiger partial charge in [0.05, 0.1) is 12.8 Å². The van der Waals surface area contributed by atoms with E-state index in [1.54, 1.807) is 19.2 Å².